The lowest BCUT2D eigenvalue weighted by atomic mass is 10.2. The molecule has 0 aliphatic carbocycles. The van der Waals surface area contributed by atoms with Crippen molar-refractivity contribution in [3.8, 4) is 11.5 Å². The lowest BCUT2D eigenvalue weighted by Gasteiger charge is -2.12. The zero-order valence-electron chi connectivity index (χ0n) is 12.9. The molecule has 0 spiro atoms. The molecular formula is C18H23NO2. The average molecular weight is 285 g/mol. The van der Waals surface area contributed by atoms with Crippen molar-refractivity contribution in [2.75, 3.05) is 19.0 Å². The minimum absolute atomic E-state index is 0.523. The Labute approximate surface area is 126 Å². The molecule has 0 atom stereocenters. The molecule has 0 amide bonds. The molecule has 2 aromatic carbocycles. The molecule has 0 aliphatic heterocycles. The van der Waals surface area contributed by atoms with Gasteiger partial charge < -0.3 is 14.8 Å². The summed E-state index contributed by atoms with van der Waals surface area (Å²) in [6.45, 7) is 5.74. The van der Waals surface area contributed by atoms with Crippen molar-refractivity contribution >= 4 is 5.69 Å². The Morgan fingerprint density at radius 3 is 2.62 bits per heavy atom. The highest BCUT2D eigenvalue weighted by molar-refractivity contribution is 5.49. The monoisotopic (exact) mass is 285 g/mol. The summed E-state index contributed by atoms with van der Waals surface area (Å²) in [5.41, 5.74) is 2.18. The van der Waals surface area contributed by atoms with Gasteiger partial charge in [0.2, 0.25) is 0 Å². The van der Waals surface area contributed by atoms with Gasteiger partial charge in [-0.05, 0) is 24.1 Å². The smallest absolute Gasteiger partial charge is 0.123 e. The van der Waals surface area contributed by atoms with Gasteiger partial charge in [0, 0.05) is 23.9 Å². The number of nitrogens with one attached hydrogen (secondary N) is 1. The van der Waals surface area contributed by atoms with Crippen LogP contribution in [0.4, 0.5) is 5.69 Å². The molecule has 2 aromatic rings. The third-order valence-corrected chi connectivity index (χ3v) is 3.09. The van der Waals surface area contributed by atoms with Gasteiger partial charge in [0.1, 0.15) is 11.5 Å². The van der Waals surface area contributed by atoms with Gasteiger partial charge in [-0.25, -0.2) is 0 Å². The van der Waals surface area contributed by atoms with Crippen molar-refractivity contribution in [1.29, 1.82) is 0 Å². The third-order valence-electron chi connectivity index (χ3n) is 3.09. The first-order chi connectivity index (χ1) is 10.2. The van der Waals surface area contributed by atoms with Gasteiger partial charge in [-0.15, -0.1) is 0 Å². The summed E-state index contributed by atoms with van der Waals surface area (Å²) in [6.07, 6.45) is 0. The highest BCUT2D eigenvalue weighted by Crippen LogP contribution is 2.21. The lowest BCUT2D eigenvalue weighted by molar-refractivity contribution is 0.271. The normalized spacial score (nSPS) is 10.5. The molecule has 3 heteroatoms. The van der Waals surface area contributed by atoms with Crippen molar-refractivity contribution in [3.63, 3.8) is 0 Å². The number of rotatable bonds is 7. The number of benzene rings is 2. The summed E-state index contributed by atoms with van der Waals surface area (Å²) >= 11 is 0. The average Bonchev–Trinajstić information content (AvgIpc) is 2.51. The molecule has 0 unspecified atom stereocenters. The highest BCUT2D eigenvalue weighted by Gasteiger charge is 2.02. The molecule has 0 saturated carbocycles. The van der Waals surface area contributed by atoms with Gasteiger partial charge in [-0.2, -0.15) is 0 Å². The second-order valence-corrected chi connectivity index (χ2v) is 5.40. The van der Waals surface area contributed by atoms with Crippen LogP contribution in [0.1, 0.15) is 19.4 Å². The first-order valence-corrected chi connectivity index (χ1v) is 7.27. The second kappa shape index (κ2) is 7.58. The van der Waals surface area contributed by atoms with Crippen LogP contribution >= 0.6 is 0 Å². The standard InChI is InChI=1S/C18H23NO2/c1-14(2)13-21-17-9-6-8-16(11-17)19-12-15-7-4-5-10-18(15)20-3/h4-11,14,19H,12-13H2,1-3H3. The molecule has 1 N–H and O–H groups in total. The van der Waals surface area contributed by atoms with Gasteiger partial charge >= 0.3 is 0 Å². The van der Waals surface area contributed by atoms with Crippen LogP contribution in [0.25, 0.3) is 0 Å². The fraction of sp³-hybridized carbons (Fsp3) is 0.333. The number of hydrogen-bond acceptors (Lipinski definition) is 3. The fourth-order valence-electron chi connectivity index (χ4n) is 2.01. The molecular weight excluding hydrogens is 262 g/mol. The quantitative estimate of drug-likeness (QED) is 0.820. The Balaban J connectivity index is 1.98. The SMILES string of the molecule is COc1ccccc1CNc1cccc(OCC(C)C)c1. The minimum atomic E-state index is 0.523. The minimum Gasteiger partial charge on any atom is -0.496 e. The molecule has 0 saturated heterocycles. The number of anilines is 1. The van der Waals surface area contributed by atoms with E-state index in [0.717, 1.165) is 35.9 Å². The number of ether oxygens (including phenoxy) is 2. The van der Waals surface area contributed by atoms with E-state index >= 15 is 0 Å². The lowest BCUT2D eigenvalue weighted by Crippen LogP contribution is -2.05. The van der Waals surface area contributed by atoms with Crippen molar-refractivity contribution in [1.82, 2.24) is 0 Å². The number of hydrogen-bond donors (Lipinski definition) is 1. The van der Waals surface area contributed by atoms with Gasteiger partial charge in [-0.3, -0.25) is 0 Å². The predicted molar refractivity (Wildman–Crippen MR) is 87.1 cm³/mol. The number of methoxy groups -OCH3 is 1. The Morgan fingerprint density at radius 2 is 1.86 bits per heavy atom. The molecule has 0 aliphatic rings. The highest BCUT2D eigenvalue weighted by atomic mass is 16.5. The van der Waals surface area contributed by atoms with E-state index in [-0.39, 0.29) is 0 Å². The molecule has 0 heterocycles. The molecule has 0 fully saturated rings. The van der Waals surface area contributed by atoms with E-state index in [1.807, 2.05) is 42.5 Å². The summed E-state index contributed by atoms with van der Waals surface area (Å²) in [7, 11) is 1.69. The fourth-order valence-corrected chi connectivity index (χ4v) is 2.01. The zero-order chi connectivity index (χ0) is 15.1. The van der Waals surface area contributed by atoms with E-state index in [1.54, 1.807) is 7.11 Å². The zero-order valence-corrected chi connectivity index (χ0v) is 12.9. The van der Waals surface area contributed by atoms with Gasteiger partial charge in [0.05, 0.1) is 13.7 Å². The van der Waals surface area contributed by atoms with Crippen molar-refractivity contribution in [2.45, 2.75) is 20.4 Å². The summed E-state index contributed by atoms with van der Waals surface area (Å²) in [4.78, 5) is 0. The Morgan fingerprint density at radius 1 is 1.05 bits per heavy atom. The summed E-state index contributed by atoms with van der Waals surface area (Å²) in [6, 6.07) is 16.1. The summed E-state index contributed by atoms with van der Waals surface area (Å²) in [5.74, 6) is 2.32. The maximum Gasteiger partial charge on any atom is 0.123 e. The van der Waals surface area contributed by atoms with E-state index in [2.05, 4.69) is 25.2 Å². The molecule has 0 aromatic heterocycles. The molecule has 21 heavy (non-hydrogen) atoms. The largest absolute Gasteiger partial charge is 0.496 e. The second-order valence-electron chi connectivity index (χ2n) is 5.40. The van der Waals surface area contributed by atoms with E-state index in [9.17, 15) is 0 Å². The van der Waals surface area contributed by atoms with Gasteiger partial charge in [-0.1, -0.05) is 38.1 Å². The number of para-hydroxylation sites is 1. The van der Waals surface area contributed by atoms with Crippen LogP contribution < -0.4 is 14.8 Å². The molecule has 112 valence electrons. The third kappa shape index (κ3) is 4.71. The van der Waals surface area contributed by atoms with E-state index in [1.165, 1.54) is 0 Å². The van der Waals surface area contributed by atoms with Crippen molar-refractivity contribution < 1.29 is 9.47 Å². The van der Waals surface area contributed by atoms with Gasteiger partial charge in [0.15, 0.2) is 0 Å². The summed E-state index contributed by atoms with van der Waals surface area (Å²) < 4.78 is 11.1. The predicted octanol–water partition coefficient (Wildman–Crippen LogP) is 4.34. The van der Waals surface area contributed by atoms with Crippen LogP contribution in [0, 0.1) is 5.92 Å². The van der Waals surface area contributed by atoms with E-state index < -0.39 is 0 Å². The molecule has 0 bridgehead atoms. The molecule has 3 nitrogen and oxygen atoms in total. The van der Waals surface area contributed by atoms with Crippen LogP contribution in [0.5, 0.6) is 11.5 Å². The van der Waals surface area contributed by atoms with E-state index in [0.29, 0.717) is 5.92 Å². The van der Waals surface area contributed by atoms with Crippen LogP contribution in [-0.4, -0.2) is 13.7 Å². The van der Waals surface area contributed by atoms with Crippen LogP contribution in [0.3, 0.4) is 0 Å². The van der Waals surface area contributed by atoms with Gasteiger partial charge in [0.25, 0.3) is 0 Å². The molecule has 2 rings (SSSR count). The Hall–Kier alpha value is -2.16. The first kappa shape index (κ1) is 15.2. The van der Waals surface area contributed by atoms with Crippen molar-refractivity contribution in [2.24, 2.45) is 5.92 Å². The van der Waals surface area contributed by atoms with Crippen LogP contribution in [-0.2, 0) is 6.54 Å². The molecule has 0 radical (unpaired) electrons. The maximum absolute atomic E-state index is 5.74. The van der Waals surface area contributed by atoms with Crippen LogP contribution in [0.15, 0.2) is 48.5 Å². The first-order valence-electron chi connectivity index (χ1n) is 7.27. The maximum atomic E-state index is 5.74. The summed E-state index contributed by atoms with van der Waals surface area (Å²) in [5, 5.41) is 3.40. The van der Waals surface area contributed by atoms with Crippen LogP contribution in [0.2, 0.25) is 0 Å². The Kier molecular flexibility index (Phi) is 5.50. The topological polar surface area (TPSA) is 30.5 Å². The van der Waals surface area contributed by atoms with Crippen molar-refractivity contribution in [3.05, 3.63) is 54.1 Å². The Bertz CT molecular complexity index is 567. The van der Waals surface area contributed by atoms with E-state index in [4.69, 9.17) is 9.47 Å².